The molecule has 1 aliphatic rings. The van der Waals surface area contributed by atoms with Gasteiger partial charge < -0.3 is 14.2 Å². The molecule has 150 valence electrons. The van der Waals surface area contributed by atoms with E-state index in [2.05, 4.69) is 4.99 Å². The fraction of sp³-hybridized carbons (Fsp3) is 0.227. The number of ether oxygens (including phenoxy) is 3. The molecule has 2 aromatic rings. The van der Waals surface area contributed by atoms with E-state index in [-0.39, 0.29) is 17.6 Å². The number of hydrogen-bond donors (Lipinski definition) is 0. The average Bonchev–Trinajstić information content (AvgIpc) is 3.05. The third kappa shape index (κ3) is 5.23. The highest BCUT2D eigenvalue weighted by molar-refractivity contribution is 6.31. The van der Waals surface area contributed by atoms with Gasteiger partial charge in [-0.05, 0) is 55.3 Å². The Morgan fingerprint density at radius 2 is 2.00 bits per heavy atom. The summed E-state index contributed by atoms with van der Waals surface area (Å²) >= 11 is 5.98. The Balaban J connectivity index is 1.88. The summed E-state index contributed by atoms with van der Waals surface area (Å²) in [5, 5.41) is 0.522. The molecule has 0 N–H and O–H groups in total. The molecule has 0 radical (unpaired) electrons. The van der Waals surface area contributed by atoms with Crippen LogP contribution in [0.4, 0.5) is 0 Å². The summed E-state index contributed by atoms with van der Waals surface area (Å²) in [6, 6.07) is 11.9. The van der Waals surface area contributed by atoms with Crippen molar-refractivity contribution in [2.75, 3.05) is 6.61 Å². The number of cyclic esters (lactones) is 1. The van der Waals surface area contributed by atoms with Gasteiger partial charge in [0.25, 0.3) is 0 Å². The topological polar surface area (TPSA) is 74.2 Å². The van der Waals surface area contributed by atoms with Gasteiger partial charge in [-0.15, -0.1) is 0 Å². The number of halogens is 1. The highest BCUT2D eigenvalue weighted by Gasteiger charge is 2.24. The summed E-state index contributed by atoms with van der Waals surface area (Å²) in [4.78, 5) is 28.3. The Labute approximate surface area is 173 Å². The lowest BCUT2D eigenvalue weighted by Crippen LogP contribution is -2.08. The van der Waals surface area contributed by atoms with E-state index in [1.807, 2.05) is 13.8 Å². The summed E-state index contributed by atoms with van der Waals surface area (Å²) in [5.41, 5.74) is 1.42. The van der Waals surface area contributed by atoms with Crippen molar-refractivity contribution in [3.63, 3.8) is 0 Å². The summed E-state index contributed by atoms with van der Waals surface area (Å²) in [6.07, 6.45) is 2.60. The van der Waals surface area contributed by atoms with Crippen LogP contribution in [0.1, 0.15) is 37.8 Å². The van der Waals surface area contributed by atoms with Gasteiger partial charge in [0.15, 0.2) is 17.2 Å². The Hall–Kier alpha value is -3.12. The number of aliphatic imine (C=N–C) groups is 1. The van der Waals surface area contributed by atoms with E-state index >= 15 is 0 Å². The summed E-state index contributed by atoms with van der Waals surface area (Å²) in [5.74, 6) is 0.0613. The zero-order valence-corrected chi connectivity index (χ0v) is 16.9. The zero-order valence-electron chi connectivity index (χ0n) is 16.1. The zero-order chi connectivity index (χ0) is 20.8. The van der Waals surface area contributed by atoms with E-state index in [4.69, 9.17) is 25.8 Å². The fourth-order valence-corrected chi connectivity index (χ4v) is 2.85. The van der Waals surface area contributed by atoms with E-state index in [9.17, 15) is 9.59 Å². The Kier molecular flexibility index (Phi) is 6.67. The highest BCUT2D eigenvalue weighted by Crippen LogP contribution is 2.30. The van der Waals surface area contributed by atoms with Crippen molar-refractivity contribution in [3.8, 4) is 11.5 Å². The smallest absolute Gasteiger partial charge is 0.363 e. The lowest BCUT2D eigenvalue weighted by molar-refractivity contribution is -0.134. The van der Waals surface area contributed by atoms with Crippen LogP contribution in [0.25, 0.3) is 6.08 Å². The number of esters is 2. The Morgan fingerprint density at radius 3 is 2.72 bits per heavy atom. The molecule has 1 aliphatic heterocycles. The van der Waals surface area contributed by atoms with Crippen LogP contribution in [0.3, 0.4) is 0 Å². The first-order valence-electron chi connectivity index (χ1n) is 9.26. The van der Waals surface area contributed by atoms with Crippen LogP contribution in [0, 0.1) is 0 Å². The number of carbonyl (C=O) groups is 2. The van der Waals surface area contributed by atoms with Gasteiger partial charge >= 0.3 is 11.9 Å². The summed E-state index contributed by atoms with van der Waals surface area (Å²) in [7, 11) is 0. The van der Waals surface area contributed by atoms with Gasteiger partial charge in [0.1, 0.15) is 0 Å². The second-order valence-electron chi connectivity index (χ2n) is 6.21. The molecule has 0 aromatic heterocycles. The molecule has 0 bridgehead atoms. The molecule has 0 atom stereocenters. The molecule has 0 fully saturated rings. The first-order valence-corrected chi connectivity index (χ1v) is 9.64. The van der Waals surface area contributed by atoms with Crippen molar-refractivity contribution in [2.24, 2.45) is 4.99 Å². The summed E-state index contributed by atoms with van der Waals surface area (Å²) < 4.78 is 16.2. The van der Waals surface area contributed by atoms with Gasteiger partial charge in [0.05, 0.1) is 6.61 Å². The van der Waals surface area contributed by atoms with Gasteiger partial charge in [-0.1, -0.05) is 30.7 Å². The second-order valence-corrected chi connectivity index (χ2v) is 6.65. The van der Waals surface area contributed by atoms with E-state index in [1.54, 1.807) is 48.5 Å². The van der Waals surface area contributed by atoms with Crippen LogP contribution in [0.2, 0.25) is 5.02 Å². The molecule has 1 heterocycles. The first-order chi connectivity index (χ1) is 14.0. The number of nitrogens with zero attached hydrogens (tertiary/aromatic N) is 1. The van der Waals surface area contributed by atoms with E-state index in [0.29, 0.717) is 47.1 Å². The molecule has 3 rings (SSSR count). The number of benzene rings is 2. The predicted octanol–water partition coefficient (Wildman–Crippen LogP) is 4.79. The third-order valence-electron chi connectivity index (χ3n) is 3.94. The standard InChI is InChI=1S/C22H20ClNO5/c1-3-6-20(25)28-18-10-9-14(12-19(18)27-4-2)11-17-22(26)29-21(24-17)15-7-5-8-16(23)13-15/h5,7-13H,3-4,6H2,1-2H3/b17-11-. The van der Waals surface area contributed by atoms with Crippen LogP contribution in [0.15, 0.2) is 53.2 Å². The monoisotopic (exact) mass is 413 g/mol. The number of hydrogen-bond acceptors (Lipinski definition) is 6. The summed E-state index contributed by atoms with van der Waals surface area (Å²) in [6.45, 7) is 4.13. The lowest BCUT2D eigenvalue weighted by Gasteiger charge is -2.11. The average molecular weight is 414 g/mol. The molecule has 0 saturated heterocycles. The largest absolute Gasteiger partial charge is 0.490 e. The minimum absolute atomic E-state index is 0.151. The van der Waals surface area contributed by atoms with Gasteiger partial charge in [-0.3, -0.25) is 4.79 Å². The second kappa shape index (κ2) is 9.39. The Bertz CT molecular complexity index is 996. The molecule has 6 nitrogen and oxygen atoms in total. The first kappa shape index (κ1) is 20.6. The van der Waals surface area contributed by atoms with Crippen LogP contribution in [0.5, 0.6) is 11.5 Å². The molecular weight excluding hydrogens is 394 g/mol. The molecule has 2 aromatic carbocycles. The van der Waals surface area contributed by atoms with E-state index in [1.165, 1.54) is 0 Å². The molecule has 0 unspecified atom stereocenters. The van der Waals surface area contributed by atoms with Crippen LogP contribution >= 0.6 is 11.6 Å². The molecule has 0 saturated carbocycles. The van der Waals surface area contributed by atoms with Crippen LogP contribution in [-0.2, 0) is 14.3 Å². The van der Waals surface area contributed by atoms with Crippen LogP contribution < -0.4 is 9.47 Å². The maximum atomic E-state index is 12.2. The van der Waals surface area contributed by atoms with Crippen molar-refractivity contribution < 1.29 is 23.8 Å². The quantitative estimate of drug-likeness (QED) is 0.370. The maximum absolute atomic E-state index is 12.2. The highest BCUT2D eigenvalue weighted by atomic mass is 35.5. The molecular formula is C22H20ClNO5. The molecule has 0 aliphatic carbocycles. The molecule has 0 spiro atoms. The lowest BCUT2D eigenvalue weighted by atomic mass is 10.1. The third-order valence-corrected chi connectivity index (χ3v) is 4.18. The molecule has 0 amide bonds. The molecule has 7 heteroatoms. The van der Waals surface area contributed by atoms with Gasteiger partial charge in [-0.2, -0.15) is 0 Å². The predicted molar refractivity (Wildman–Crippen MR) is 110 cm³/mol. The van der Waals surface area contributed by atoms with Crippen molar-refractivity contribution in [1.29, 1.82) is 0 Å². The SMILES string of the molecule is CCCC(=O)Oc1ccc(/C=C2\N=C(c3cccc(Cl)c3)OC2=O)cc1OCC. The number of carbonyl (C=O) groups excluding carboxylic acids is 2. The van der Waals surface area contributed by atoms with Crippen molar-refractivity contribution >= 4 is 35.5 Å². The van der Waals surface area contributed by atoms with Crippen molar-refractivity contribution in [3.05, 3.63) is 64.3 Å². The maximum Gasteiger partial charge on any atom is 0.363 e. The fourth-order valence-electron chi connectivity index (χ4n) is 2.66. The van der Waals surface area contributed by atoms with Crippen molar-refractivity contribution in [1.82, 2.24) is 0 Å². The molecule has 29 heavy (non-hydrogen) atoms. The van der Waals surface area contributed by atoms with E-state index < -0.39 is 5.97 Å². The van der Waals surface area contributed by atoms with Gasteiger partial charge in [0, 0.05) is 17.0 Å². The minimum Gasteiger partial charge on any atom is -0.490 e. The van der Waals surface area contributed by atoms with Gasteiger partial charge in [0.2, 0.25) is 5.90 Å². The van der Waals surface area contributed by atoms with Crippen molar-refractivity contribution in [2.45, 2.75) is 26.7 Å². The van der Waals surface area contributed by atoms with E-state index in [0.717, 1.165) is 0 Å². The number of rotatable bonds is 7. The minimum atomic E-state index is -0.559. The van der Waals surface area contributed by atoms with Crippen LogP contribution in [-0.4, -0.2) is 24.4 Å². The normalized spacial score (nSPS) is 14.5. The Morgan fingerprint density at radius 1 is 1.17 bits per heavy atom. The van der Waals surface area contributed by atoms with Gasteiger partial charge in [-0.25, -0.2) is 9.79 Å².